The van der Waals surface area contributed by atoms with Crippen LogP contribution in [0.1, 0.15) is 66.2 Å². The van der Waals surface area contributed by atoms with Crippen molar-refractivity contribution in [3.63, 3.8) is 0 Å². The van der Waals surface area contributed by atoms with E-state index in [1.165, 1.54) is 51.8 Å². The molecule has 138 valence electrons. The van der Waals surface area contributed by atoms with Gasteiger partial charge in [0.25, 0.3) is 0 Å². The van der Waals surface area contributed by atoms with Crippen molar-refractivity contribution in [1.29, 1.82) is 0 Å². The van der Waals surface area contributed by atoms with Gasteiger partial charge >= 0.3 is 158 Å². The zero-order chi connectivity index (χ0) is 17.8. The second-order valence-corrected chi connectivity index (χ2v) is 21.3. The molecule has 0 unspecified atom stereocenters. The van der Waals surface area contributed by atoms with E-state index in [2.05, 4.69) is 32.9 Å². The van der Waals surface area contributed by atoms with Crippen LogP contribution in [0.5, 0.6) is 0 Å². The molecular weight excluding hydrogens is 423 g/mol. The predicted molar refractivity (Wildman–Crippen MR) is 110 cm³/mol. The summed E-state index contributed by atoms with van der Waals surface area (Å²) in [5, 5.41) is 0. The Labute approximate surface area is 157 Å². The minimum atomic E-state index is -2.29. The fraction of sp³-hybridized carbons (Fsp3) is 0.750. The van der Waals surface area contributed by atoms with Gasteiger partial charge in [0.1, 0.15) is 0 Å². The van der Waals surface area contributed by atoms with E-state index in [-0.39, 0.29) is 5.97 Å². The molecule has 0 aliphatic carbocycles. The van der Waals surface area contributed by atoms with Crippen LogP contribution >= 0.6 is 11.8 Å². The SMILES string of the molecule is CCC[CH2][Sn]([CH2]CCC)([CH2]CCC)[C]1=CC=C(C(=O)OCC)SC1. The van der Waals surface area contributed by atoms with Crippen LogP contribution in [0.25, 0.3) is 0 Å². The third kappa shape index (κ3) is 6.78. The van der Waals surface area contributed by atoms with Crippen LogP contribution in [-0.4, -0.2) is 36.7 Å². The molecule has 0 bridgehead atoms. The van der Waals surface area contributed by atoms with E-state index in [0.717, 1.165) is 10.7 Å². The van der Waals surface area contributed by atoms with Crippen molar-refractivity contribution in [2.24, 2.45) is 0 Å². The van der Waals surface area contributed by atoms with Gasteiger partial charge in [0.05, 0.1) is 0 Å². The van der Waals surface area contributed by atoms with Gasteiger partial charge in [-0.1, -0.05) is 0 Å². The molecule has 0 amide bonds. The first-order valence-corrected chi connectivity index (χ1v) is 18.3. The number of hydrogen-bond donors (Lipinski definition) is 0. The summed E-state index contributed by atoms with van der Waals surface area (Å²) < 4.78 is 11.4. The zero-order valence-corrected chi connectivity index (χ0v) is 19.8. The van der Waals surface area contributed by atoms with Gasteiger partial charge in [-0.25, -0.2) is 0 Å². The van der Waals surface area contributed by atoms with E-state index < -0.39 is 18.4 Å². The van der Waals surface area contributed by atoms with Crippen molar-refractivity contribution in [3.8, 4) is 0 Å². The van der Waals surface area contributed by atoms with Gasteiger partial charge in [-0.3, -0.25) is 0 Å². The summed E-state index contributed by atoms with van der Waals surface area (Å²) in [6, 6.07) is 0. The second kappa shape index (κ2) is 12.5. The molecule has 1 heterocycles. The van der Waals surface area contributed by atoms with Crippen molar-refractivity contribution < 1.29 is 9.53 Å². The summed E-state index contributed by atoms with van der Waals surface area (Å²) in [5.41, 5.74) is 0. The van der Waals surface area contributed by atoms with Crippen LogP contribution in [-0.2, 0) is 9.53 Å². The number of rotatable bonds is 12. The molecule has 4 heteroatoms. The molecule has 0 saturated heterocycles. The Balaban J connectivity index is 3.00. The summed E-state index contributed by atoms with van der Waals surface area (Å²) >= 11 is -0.568. The van der Waals surface area contributed by atoms with E-state index in [4.69, 9.17) is 4.74 Å². The summed E-state index contributed by atoms with van der Waals surface area (Å²) in [6.45, 7) is 9.28. The third-order valence-corrected chi connectivity index (χ3v) is 22.9. The summed E-state index contributed by atoms with van der Waals surface area (Å²) in [5.74, 6) is 0.895. The Morgan fingerprint density at radius 1 is 1.00 bits per heavy atom. The molecule has 0 saturated carbocycles. The molecule has 0 fully saturated rings. The number of hydrogen-bond acceptors (Lipinski definition) is 3. The van der Waals surface area contributed by atoms with E-state index in [9.17, 15) is 4.79 Å². The first-order valence-electron chi connectivity index (χ1n) is 9.84. The van der Waals surface area contributed by atoms with Gasteiger partial charge in [-0.15, -0.1) is 0 Å². The van der Waals surface area contributed by atoms with Crippen LogP contribution in [0.4, 0.5) is 0 Å². The molecule has 0 spiro atoms. The van der Waals surface area contributed by atoms with Gasteiger partial charge < -0.3 is 0 Å². The van der Waals surface area contributed by atoms with Crippen LogP contribution in [0.2, 0.25) is 13.3 Å². The first kappa shape index (κ1) is 22.1. The fourth-order valence-corrected chi connectivity index (χ4v) is 22.7. The van der Waals surface area contributed by atoms with Gasteiger partial charge in [-0.05, 0) is 0 Å². The molecule has 0 radical (unpaired) electrons. The third-order valence-electron chi connectivity index (χ3n) is 5.00. The Morgan fingerprint density at radius 2 is 1.54 bits per heavy atom. The normalized spacial score (nSPS) is 15.0. The Bertz CT molecular complexity index is 421. The van der Waals surface area contributed by atoms with Crippen LogP contribution < -0.4 is 0 Å². The van der Waals surface area contributed by atoms with Crippen molar-refractivity contribution in [2.45, 2.75) is 79.5 Å². The number of allylic oxidation sites excluding steroid dienone is 2. The summed E-state index contributed by atoms with van der Waals surface area (Å²) in [6.07, 6.45) is 12.5. The van der Waals surface area contributed by atoms with Crippen LogP contribution in [0.15, 0.2) is 20.6 Å². The minimum absolute atomic E-state index is 0.144. The van der Waals surface area contributed by atoms with Gasteiger partial charge in [0.2, 0.25) is 0 Å². The molecule has 0 aromatic rings. The van der Waals surface area contributed by atoms with E-state index in [1.807, 2.05) is 6.92 Å². The second-order valence-electron chi connectivity index (χ2n) is 6.82. The zero-order valence-electron chi connectivity index (χ0n) is 16.2. The number of esters is 1. The number of carbonyl (C=O) groups excluding carboxylic acids is 1. The average Bonchev–Trinajstić information content (AvgIpc) is 2.62. The molecule has 0 atom stereocenters. The number of ether oxygens (including phenoxy) is 1. The van der Waals surface area contributed by atoms with Gasteiger partial charge in [0, 0.05) is 0 Å². The molecule has 0 N–H and O–H groups in total. The van der Waals surface area contributed by atoms with Crippen LogP contribution in [0.3, 0.4) is 0 Å². The molecule has 1 rings (SSSR count). The van der Waals surface area contributed by atoms with Crippen LogP contribution in [0, 0.1) is 0 Å². The number of unbranched alkanes of at least 4 members (excludes halogenated alkanes) is 3. The van der Waals surface area contributed by atoms with Crippen molar-refractivity contribution in [1.82, 2.24) is 0 Å². The molecule has 0 aromatic heterocycles. The first-order chi connectivity index (χ1) is 11.6. The van der Waals surface area contributed by atoms with Gasteiger partial charge in [-0.2, -0.15) is 0 Å². The molecule has 0 aromatic carbocycles. The Hall–Kier alpha value is 0.0987. The fourth-order valence-electron chi connectivity index (χ4n) is 3.49. The Morgan fingerprint density at radius 3 is 1.92 bits per heavy atom. The maximum atomic E-state index is 11.9. The number of thioether (sulfide) groups is 1. The molecule has 1 aliphatic heterocycles. The summed E-state index contributed by atoms with van der Waals surface area (Å²) in [7, 11) is 0. The Kier molecular flexibility index (Phi) is 11.5. The number of carbonyl (C=O) groups is 1. The van der Waals surface area contributed by atoms with E-state index >= 15 is 0 Å². The topological polar surface area (TPSA) is 26.3 Å². The van der Waals surface area contributed by atoms with Crippen molar-refractivity contribution >= 4 is 36.1 Å². The van der Waals surface area contributed by atoms with Gasteiger partial charge in [0.15, 0.2) is 0 Å². The standard InChI is InChI=1S/C8H9O2S.3C4H9.Sn/c1-2-10-8(9)7-5-3-4-6-11-7;3*1-3-4-2;/h3,5H,2,6H2,1H3;3*1,3-4H2,2H3;. The predicted octanol–water partition coefficient (Wildman–Crippen LogP) is 6.49. The summed E-state index contributed by atoms with van der Waals surface area (Å²) in [4.78, 5) is 12.7. The molecule has 24 heavy (non-hydrogen) atoms. The average molecular weight is 459 g/mol. The quantitative estimate of drug-likeness (QED) is 0.246. The van der Waals surface area contributed by atoms with Crippen molar-refractivity contribution in [3.05, 3.63) is 20.6 Å². The van der Waals surface area contributed by atoms with E-state index in [1.54, 1.807) is 15.4 Å². The van der Waals surface area contributed by atoms with Crippen molar-refractivity contribution in [2.75, 3.05) is 12.4 Å². The molecular formula is C20H36O2SSn. The maximum absolute atomic E-state index is 11.9. The monoisotopic (exact) mass is 460 g/mol. The van der Waals surface area contributed by atoms with E-state index in [0.29, 0.717) is 6.61 Å². The molecule has 1 aliphatic rings. The molecule has 2 nitrogen and oxygen atoms in total.